The molecule has 0 aromatic rings. The largest absolute Gasteiger partial charge is 0.357 e. The number of amides is 2. The first-order chi connectivity index (χ1) is 12.6. The van der Waals surface area contributed by atoms with E-state index in [0.29, 0.717) is 38.4 Å². The van der Waals surface area contributed by atoms with E-state index in [1.165, 1.54) is 30.7 Å². The second kappa shape index (κ2) is 13.3. The average Bonchev–Trinajstić information content (AvgIpc) is 2.62. The summed E-state index contributed by atoms with van der Waals surface area (Å²) in [5, 5.41) is 6.46. The van der Waals surface area contributed by atoms with Crippen LogP contribution in [0.3, 0.4) is 0 Å². The van der Waals surface area contributed by atoms with Crippen molar-refractivity contribution in [3.8, 4) is 0 Å². The Hall–Kier alpha value is -0.900. The van der Waals surface area contributed by atoms with E-state index in [1.54, 1.807) is 0 Å². The van der Waals surface area contributed by atoms with E-state index in [-0.39, 0.29) is 35.8 Å². The maximum absolute atomic E-state index is 11.8. The number of hydrogen-bond donors (Lipinski definition) is 2. The third kappa shape index (κ3) is 8.33. The number of guanidine groups is 1. The third-order valence-electron chi connectivity index (χ3n) is 5.17. The van der Waals surface area contributed by atoms with Crippen LogP contribution in [0.4, 0.5) is 0 Å². The van der Waals surface area contributed by atoms with Gasteiger partial charge in [0.15, 0.2) is 5.96 Å². The van der Waals surface area contributed by atoms with Gasteiger partial charge in [-0.25, -0.2) is 0 Å². The molecule has 0 bridgehead atoms. The van der Waals surface area contributed by atoms with Gasteiger partial charge in [0.2, 0.25) is 11.8 Å². The highest BCUT2D eigenvalue weighted by atomic mass is 127. The van der Waals surface area contributed by atoms with Crippen molar-refractivity contribution in [2.24, 2.45) is 4.99 Å². The molecule has 0 aromatic heterocycles. The van der Waals surface area contributed by atoms with E-state index >= 15 is 0 Å². The molecule has 27 heavy (non-hydrogen) atoms. The minimum atomic E-state index is -0.0550. The molecule has 0 saturated carbocycles. The van der Waals surface area contributed by atoms with Crippen LogP contribution >= 0.6 is 24.0 Å². The van der Waals surface area contributed by atoms with Gasteiger partial charge in [-0.2, -0.15) is 0 Å². The van der Waals surface area contributed by atoms with E-state index in [1.807, 2.05) is 6.92 Å². The highest BCUT2D eigenvalue weighted by molar-refractivity contribution is 14.0. The first-order valence-corrected chi connectivity index (χ1v) is 10.2. The number of likely N-dealkylation sites (tertiary alicyclic amines) is 2. The molecule has 1 unspecified atom stereocenters. The summed E-state index contributed by atoms with van der Waals surface area (Å²) in [4.78, 5) is 32.2. The Morgan fingerprint density at radius 2 is 1.85 bits per heavy atom. The minimum Gasteiger partial charge on any atom is -0.357 e. The van der Waals surface area contributed by atoms with Crippen LogP contribution < -0.4 is 10.6 Å². The van der Waals surface area contributed by atoms with Gasteiger partial charge in [-0.3, -0.25) is 19.5 Å². The van der Waals surface area contributed by atoms with Crippen molar-refractivity contribution in [3.05, 3.63) is 0 Å². The molecule has 0 spiro atoms. The molecule has 2 fully saturated rings. The van der Waals surface area contributed by atoms with Gasteiger partial charge in [0.25, 0.3) is 0 Å². The highest BCUT2D eigenvalue weighted by Gasteiger charge is 2.25. The van der Waals surface area contributed by atoms with Gasteiger partial charge in [0.05, 0.1) is 0 Å². The van der Waals surface area contributed by atoms with E-state index < -0.39 is 0 Å². The van der Waals surface area contributed by atoms with Crippen molar-refractivity contribution in [1.82, 2.24) is 20.4 Å². The maximum Gasteiger partial charge on any atom is 0.229 e. The van der Waals surface area contributed by atoms with Crippen molar-refractivity contribution >= 4 is 41.8 Å². The van der Waals surface area contributed by atoms with Gasteiger partial charge >= 0.3 is 0 Å². The number of aliphatic imine (C=N–C) groups is 1. The summed E-state index contributed by atoms with van der Waals surface area (Å²) in [7, 11) is 0. The summed E-state index contributed by atoms with van der Waals surface area (Å²) in [6.07, 6.45) is 6.66. The Morgan fingerprint density at radius 3 is 2.52 bits per heavy atom. The van der Waals surface area contributed by atoms with Crippen LogP contribution in [0.5, 0.6) is 0 Å². The lowest BCUT2D eigenvalue weighted by molar-refractivity contribution is -0.147. The SMILES string of the molecule is CCNC(=NCCCN1CCCCC1C)NCCN1C(=O)CCCC1=O.I. The van der Waals surface area contributed by atoms with E-state index in [9.17, 15) is 9.59 Å². The first-order valence-electron chi connectivity index (χ1n) is 10.2. The minimum absolute atomic E-state index is 0. The maximum atomic E-state index is 11.8. The molecule has 2 heterocycles. The van der Waals surface area contributed by atoms with Crippen molar-refractivity contribution in [1.29, 1.82) is 0 Å². The summed E-state index contributed by atoms with van der Waals surface area (Å²) in [5.74, 6) is 0.650. The molecule has 2 aliphatic heterocycles. The van der Waals surface area contributed by atoms with Crippen LogP contribution in [0.25, 0.3) is 0 Å². The smallest absolute Gasteiger partial charge is 0.229 e. The molecule has 0 aliphatic carbocycles. The van der Waals surface area contributed by atoms with Gasteiger partial charge in [-0.05, 0) is 46.1 Å². The molecule has 0 aromatic carbocycles. The predicted octanol–water partition coefficient (Wildman–Crippen LogP) is 1.96. The van der Waals surface area contributed by atoms with Gasteiger partial charge < -0.3 is 15.5 Å². The first kappa shape index (κ1) is 24.1. The van der Waals surface area contributed by atoms with Crippen molar-refractivity contribution < 1.29 is 9.59 Å². The Kier molecular flexibility index (Phi) is 11.9. The molecule has 8 heteroatoms. The van der Waals surface area contributed by atoms with Crippen LogP contribution in [0.15, 0.2) is 4.99 Å². The molecule has 2 rings (SSSR count). The second-order valence-corrected chi connectivity index (χ2v) is 7.21. The molecule has 7 nitrogen and oxygen atoms in total. The quantitative estimate of drug-likeness (QED) is 0.178. The Morgan fingerprint density at radius 1 is 1.11 bits per heavy atom. The van der Waals surface area contributed by atoms with Gasteiger partial charge in [0, 0.05) is 51.6 Å². The third-order valence-corrected chi connectivity index (χ3v) is 5.17. The number of hydrogen-bond acceptors (Lipinski definition) is 4. The summed E-state index contributed by atoms with van der Waals surface area (Å²) in [6, 6.07) is 0.693. The zero-order valence-electron chi connectivity index (χ0n) is 16.8. The fraction of sp³-hybridized carbons (Fsp3) is 0.842. The lowest BCUT2D eigenvalue weighted by Gasteiger charge is -2.33. The van der Waals surface area contributed by atoms with E-state index in [4.69, 9.17) is 0 Å². The van der Waals surface area contributed by atoms with E-state index in [0.717, 1.165) is 32.0 Å². The molecule has 2 aliphatic rings. The average molecular weight is 493 g/mol. The fourth-order valence-corrected chi connectivity index (χ4v) is 3.63. The summed E-state index contributed by atoms with van der Waals surface area (Å²) in [6.45, 7) is 9.17. The van der Waals surface area contributed by atoms with Crippen LogP contribution in [0, 0.1) is 0 Å². The van der Waals surface area contributed by atoms with Crippen molar-refractivity contribution in [3.63, 3.8) is 0 Å². The molecule has 156 valence electrons. The van der Waals surface area contributed by atoms with Crippen molar-refractivity contribution in [2.75, 3.05) is 39.3 Å². The number of piperidine rings is 2. The van der Waals surface area contributed by atoms with Crippen LogP contribution in [0.2, 0.25) is 0 Å². The standard InChI is InChI=1S/C19H35N5O2.HI/c1-3-20-19(21-11-7-14-23-13-5-4-8-16(23)2)22-12-15-24-17(25)9-6-10-18(24)26;/h16H,3-15H2,1-2H3,(H2,20,21,22);1H. The summed E-state index contributed by atoms with van der Waals surface area (Å²) >= 11 is 0. The molecule has 2 amide bonds. The lowest BCUT2D eigenvalue weighted by Crippen LogP contribution is -2.46. The lowest BCUT2D eigenvalue weighted by atomic mass is 10.0. The monoisotopic (exact) mass is 493 g/mol. The normalized spacial score (nSPS) is 21.8. The number of carbonyl (C=O) groups excluding carboxylic acids is 2. The highest BCUT2D eigenvalue weighted by Crippen LogP contribution is 2.16. The molecular formula is C19H36IN5O2. The number of halogens is 1. The molecule has 2 N–H and O–H groups in total. The molecular weight excluding hydrogens is 457 g/mol. The summed E-state index contributed by atoms with van der Waals surface area (Å²) in [5.41, 5.74) is 0. The molecule has 1 atom stereocenters. The Balaban J connectivity index is 0.00000364. The van der Waals surface area contributed by atoms with Crippen LogP contribution in [-0.2, 0) is 9.59 Å². The second-order valence-electron chi connectivity index (χ2n) is 7.21. The number of nitrogens with one attached hydrogen (secondary N) is 2. The number of rotatable bonds is 8. The zero-order valence-corrected chi connectivity index (χ0v) is 19.2. The van der Waals surface area contributed by atoms with Crippen LogP contribution in [0.1, 0.15) is 58.8 Å². The summed E-state index contributed by atoms with van der Waals surface area (Å²) < 4.78 is 0. The number of carbonyl (C=O) groups is 2. The van der Waals surface area contributed by atoms with Crippen LogP contribution in [-0.4, -0.2) is 72.9 Å². The predicted molar refractivity (Wildman–Crippen MR) is 119 cm³/mol. The number of imide groups is 1. The number of nitrogens with zero attached hydrogens (tertiary/aromatic N) is 3. The van der Waals surface area contributed by atoms with Crippen molar-refractivity contribution in [2.45, 2.75) is 64.8 Å². The van der Waals surface area contributed by atoms with E-state index in [2.05, 4.69) is 27.4 Å². The van der Waals surface area contributed by atoms with Gasteiger partial charge in [0.1, 0.15) is 0 Å². The zero-order chi connectivity index (χ0) is 18.8. The molecule has 0 radical (unpaired) electrons. The topological polar surface area (TPSA) is 77.0 Å². The Bertz CT molecular complexity index is 484. The molecule has 2 saturated heterocycles. The van der Waals surface area contributed by atoms with Gasteiger partial charge in [-0.1, -0.05) is 6.42 Å². The fourth-order valence-electron chi connectivity index (χ4n) is 3.63. The van der Waals surface area contributed by atoms with Gasteiger partial charge in [-0.15, -0.1) is 24.0 Å². The Labute approximate surface area is 180 Å².